The van der Waals surface area contributed by atoms with Crippen molar-refractivity contribution in [1.82, 2.24) is 10.2 Å². The minimum absolute atomic E-state index is 0.318. The van der Waals surface area contributed by atoms with Gasteiger partial charge in [0.2, 0.25) is 5.91 Å². The van der Waals surface area contributed by atoms with E-state index >= 15 is 0 Å². The first-order valence-electron chi connectivity index (χ1n) is 5.02. The van der Waals surface area contributed by atoms with E-state index in [2.05, 4.69) is 21.2 Å². The Kier molecular flexibility index (Phi) is 5.61. The Balaban J connectivity index is 2.33. The van der Waals surface area contributed by atoms with Gasteiger partial charge >= 0.3 is 6.18 Å². The Morgan fingerprint density at radius 3 is 2.72 bits per heavy atom. The molecule has 3 nitrogen and oxygen atoms in total. The van der Waals surface area contributed by atoms with Crippen LogP contribution in [0.1, 0.15) is 5.56 Å². The summed E-state index contributed by atoms with van der Waals surface area (Å²) < 4.78 is 36.5. The standard InChI is InChI=1S/C10H12BrF3N2OS/c1-16(4-7-2-8(11)18-5-7)9(17)3-15-6-10(12,13)14/h2,5,15H,3-4,6H2,1H3. The number of halogens is 4. The van der Waals surface area contributed by atoms with Crippen LogP contribution in [0.25, 0.3) is 0 Å². The van der Waals surface area contributed by atoms with Crippen LogP contribution in [0, 0.1) is 0 Å². The van der Waals surface area contributed by atoms with Gasteiger partial charge in [-0.1, -0.05) is 0 Å². The maximum atomic E-state index is 11.9. The minimum atomic E-state index is -4.29. The molecule has 1 N–H and O–H groups in total. The SMILES string of the molecule is CN(Cc1csc(Br)c1)C(=O)CNCC(F)(F)F. The molecule has 1 amide bonds. The fourth-order valence-electron chi connectivity index (χ4n) is 1.24. The van der Waals surface area contributed by atoms with E-state index in [0.717, 1.165) is 9.35 Å². The Morgan fingerprint density at radius 2 is 2.22 bits per heavy atom. The van der Waals surface area contributed by atoms with Gasteiger partial charge in [0.25, 0.3) is 0 Å². The molecular weight excluding hydrogens is 333 g/mol. The molecule has 0 saturated heterocycles. The molecule has 0 aliphatic rings. The smallest absolute Gasteiger partial charge is 0.340 e. The summed E-state index contributed by atoms with van der Waals surface area (Å²) in [6.07, 6.45) is -4.29. The lowest BCUT2D eigenvalue weighted by Crippen LogP contribution is -2.38. The Hall–Kier alpha value is -0.600. The number of nitrogens with zero attached hydrogens (tertiary/aromatic N) is 1. The first kappa shape index (κ1) is 15.5. The molecule has 18 heavy (non-hydrogen) atoms. The van der Waals surface area contributed by atoms with Crippen molar-refractivity contribution in [2.24, 2.45) is 0 Å². The van der Waals surface area contributed by atoms with Crippen LogP contribution in [0.3, 0.4) is 0 Å². The molecule has 1 aromatic rings. The van der Waals surface area contributed by atoms with Crippen molar-refractivity contribution in [1.29, 1.82) is 0 Å². The first-order chi connectivity index (χ1) is 8.28. The number of likely N-dealkylation sites (N-methyl/N-ethyl adjacent to an activating group) is 1. The summed E-state index contributed by atoms with van der Waals surface area (Å²) >= 11 is 4.79. The molecule has 102 valence electrons. The fourth-order valence-corrected chi connectivity index (χ4v) is 2.44. The Labute approximate surface area is 115 Å². The van der Waals surface area contributed by atoms with E-state index in [9.17, 15) is 18.0 Å². The molecule has 0 atom stereocenters. The topological polar surface area (TPSA) is 32.3 Å². The van der Waals surface area contributed by atoms with Crippen LogP contribution in [0.2, 0.25) is 0 Å². The van der Waals surface area contributed by atoms with Crippen LogP contribution in [-0.2, 0) is 11.3 Å². The molecule has 0 saturated carbocycles. The van der Waals surface area contributed by atoms with Gasteiger partial charge in [-0.15, -0.1) is 11.3 Å². The zero-order valence-corrected chi connectivity index (χ0v) is 12.0. The van der Waals surface area contributed by atoms with Gasteiger partial charge in [-0.3, -0.25) is 4.79 Å². The first-order valence-corrected chi connectivity index (χ1v) is 6.69. The number of amides is 1. The minimum Gasteiger partial charge on any atom is -0.340 e. The van der Waals surface area contributed by atoms with Crippen molar-refractivity contribution in [2.75, 3.05) is 20.1 Å². The molecule has 0 aliphatic carbocycles. The molecule has 1 heterocycles. The summed E-state index contributed by atoms with van der Waals surface area (Å²) in [6, 6.07) is 1.87. The van der Waals surface area contributed by atoms with E-state index in [1.54, 1.807) is 7.05 Å². The fraction of sp³-hybridized carbons (Fsp3) is 0.500. The van der Waals surface area contributed by atoms with E-state index in [0.29, 0.717) is 6.54 Å². The molecule has 0 fully saturated rings. The number of thiophene rings is 1. The third-order valence-corrected chi connectivity index (χ3v) is 3.62. The van der Waals surface area contributed by atoms with Crippen molar-refractivity contribution in [3.05, 3.63) is 20.8 Å². The number of carbonyl (C=O) groups is 1. The van der Waals surface area contributed by atoms with E-state index < -0.39 is 12.7 Å². The highest BCUT2D eigenvalue weighted by Crippen LogP contribution is 2.21. The predicted molar refractivity (Wildman–Crippen MR) is 67.4 cm³/mol. The number of alkyl halides is 3. The second-order valence-corrected chi connectivity index (χ2v) is 6.02. The van der Waals surface area contributed by atoms with E-state index in [4.69, 9.17) is 0 Å². The van der Waals surface area contributed by atoms with Gasteiger partial charge in [0.15, 0.2) is 0 Å². The summed E-state index contributed by atoms with van der Waals surface area (Å²) in [6.45, 7) is -1.09. The second-order valence-electron chi connectivity index (χ2n) is 3.73. The number of rotatable bonds is 5. The largest absolute Gasteiger partial charge is 0.401 e. The summed E-state index contributed by atoms with van der Waals surface area (Å²) in [5.41, 5.74) is 0.943. The van der Waals surface area contributed by atoms with Gasteiger partial charge < -0.3 is 10.2 Å². The highest BCUT2D eigenvalue weighted by Gasteiger charge is 2.26. The predicted octanol–water partition coefficient (Wildman–Crippen LogP) is 2.62. The third kappa shape index (κ3) is 5.83. The van der Waals surface area contributed by atoms with Crippen molar-refractivity contribution in [3.8, 4) is 0 Å². The number of hydrogen-bond acceptors (Lipinski definition) is 3. The van der Waals surface area contributed by atoms with Crippen LogP contribution in [0.5, 0.6) is 0 Å². The lowest BCUT2D eigenvalue weighted by molar-refractivity contribution is -0.133. The summed E-state index contributed by atoms with van der Waals surface area (Å²) in [5, 5.41) is 3.96. The monoisotopic (exact) mass is 344 g/mol. The average Bonchev–Trinajstić information content (AvgIpc) is 2.61. The number of hydrogen-bond donors (Lipinski definition) is 1. The molecule has 1 rings (SSSR count). The maximum absolute atomic E-state index is 11.9. The van der Waals surface area contributed by atoms with Crippen molar-refractivity contribution in [2.45, 2.75) is 12.7 Å². The van der Waals surface area contributed by atoms with Crippen molar-refractivity contribution >= 4 is 33.2 Å². The van der Waals surface area contributed by atoms with Gasteiger partial charge in [-0.2, -0.15) is 13.2 Å². The van der Waals surface area contributed by atoms with Crippen LogP contribution in [-0.4, -0.2) is 37.1 Å². The van der Waals surface area contributed by atoms with Crippen molar-refractivity contribution < 1.29 is 18.0 Å². The maximum Gasteiger partial charge on any atom is 0.401 e. The lowest BCUT2D eigenvalue weighted by atomic mass is 10.3. The van der Waals surface area contributed by atoms with Crippen LogP contribution < -0.4 is 5.32 Å². The Morgan fingerprint density at radius 1 is 1.56 bits per heavy atom. The molecule has 0 unspecified atom stereocenters. The molecule has 0 radical (unpaired) electrons. The summed E-state index contributed by atoms with van der Waals surface area (Å²) in [4.78, 5) is 12.9. The van der Waals surface area contributed by atoms with E-state index in [1.807, 2.05) is 11.4 Å². The molecule has 8 heteroatoms. The highest BCUT2D eigenvalue weighted by atomic mass is 79.9. The molecular formula is C10H12BrF3N2OS. The number of carbonyl (C=O) groups excluding carboxylic acids is 1. The molecule has 0 spiro atoms. The summed E-state index contributed by atoms with van der Waals surface area (Å²) in [5.74, 6) is -0.374. The molecule has 0 bridgehead atoms. The average molecular weight is 345 g/mol. The van der Waals surface area contributed by atoms with Gasteiger partial charge in [0, 0.05) is 13.6 Å². The third-order valence-electron chi connectivity index (χ3n) is 2.07. The summed E-state index contributed by atoms with van der Waals surface area (Å²) in [7, 11) is 1.56. The van der Waals surface area contributed by atoms with Gasteiger partial charge in [-0.05, 0) is 32.9 Å². The van der Waals surface area contributed by atoms with Crippen LogP contribution >= 0.6 is 27.3 Å². The van der Waals surface area contributed by atoms with Gasteiger partial charge in [0.05, 0.1) is 16.9 Å². The normalized spacial score (nSPS) is 11.6. The van der Waals surface area contributed by atoms with Crippen LogP contribution in [0.15, 0.2) is 15.2 Å². The van der Waals surface area contributed by atoms with E-state index in [1.165, 1.54) is 16.2 Å². The zero-order chi connectivity index (χ0) is 13.8. The van der Waals surface area contributed by atoms with E-state index in [-0.39, 0.29) is 12.5 Å². The van der Waals surface area contributed by atoms with Gasteiger partial charge in [0.1, 0.15) is 0 Å². The molecule has 0 aliphatic heterocycles. The quantitative estimate of drug-likeness (QED) is 0.890. The van der Waals surface area contributed by atoms with Crippen molar-refractivity contribution in [3.63, 3.8) is 0 Å². The zero-order valence-electron chi connectivity index (χ0n) is 9.55. The number of nitrogens with one attached hydrogen (secondary N) is 1. The Bertz CT molecular complexity index is 408. The lowest BCUT2D eigenvalue weighted by Gasteiger charge is -2.17. The molecule has 1 aromatic heterocycles. The second kappa shape index (κ2) is 6.53. The van der Waals surface area contributed by atoms with Gasteiger partial charge in [-0.25, -0.2) is 0 Å². The van der Waals surface area contributed by atoms with Crippen LogP contribution in [0.4, 0.5) is 13.2 Å². The molecule has 0 aromatic carbocycles. The highest BCUT2D eigenvalue weighted by molar-refractivity contribution is 9.11.